The van der Waals surface area contributed by atoms with E-state index in [2.05, 4.69) is 41.1 Å². The van der Waals surface area contributed by atoms with E-state index in [4.69, 9.17) is 14.6 Å². The standard InChI is InChI=1S/C20H23N5O2/c1-13-14(2)20(23-25-12-21-22-19(13)25)24-8-5-16(6-9-24)27-17-4-3-15-7-10-26-18(15)11-17/h3-4,11-12,16H,5-10H2,1-2H3. The molecule has 0 saturated carbocycles. The first-order valence-electron chi connectivity index (χ1n) is 9.53. The molecule has 0 spiro atoms. The summed E-state index contributed by atoms with van der Waals surface area (Å²) in [6.07, 6.45) is 4.82. The number of hydrogen-bond acceptors (Lipinski definition) is 6. The van der Waals surface area contributed by atoms with Gasteiger partial charge in [0.1, 0.15) is 23.9 Å². The Labute approximate surface area is 157 Å². The van der Waals surface area contributed by atoms with Crippen LogP contribution in [0.25, 0.3) is 5.65 Å². The molecule has 140 valence electrons. The molecule has 0 unspecified atom stereocenters. The second-order valence-electron chi connectivity index (χ2n) is 7.34. The molecule has 3 aromatic rings. The van der Waals surface area contributed by atoms with Gasteiger partial charge in [-0.3, -0.25) is 0 Å². The van der Waals surface area contributed by atoms with Crippen LogP contribution in [0, 0.1) is 13.8 Å². The number of nitrogens with zero attached hydrogens (tertiary/aromatic N) is 5. The first-order chi connectivity index (χ1) is 13.2. The largest absolute Gasteiger partial charge is 0.493 e. The van der Waals surface area contributed by atoms with Gasteiger partial charge >= 0.3 is 0 Å². The molecule has 5 rings (SSSR count). The second kappa shape index (κ2) is 6.40. The Morgan fingerprint density at radius 2 is 2.00 bits per heavy atom. The molecule has 7 heteroatoms. The van der Waals surface area contributed by atoms with Gasteiger partial charge < -0.3 is 14.4 Å². The molecule has 2 aromatic heterocycles. The molecule has 0 bridgehead atoms. The van der Waals surface area contributed by atoms with E-state index in [1.54, 1.807) is 10.8 Å². The molecule has 0 amide bonds. The van der Waals surface area contributed by atoms with E-state index in [9.17, 15) is 0 Å². The molecule has 4 heterocycles. The third kappa shape index (κ3) is 2.87. The summed E-state index contributed by atoms with van der Waals surface area (Å²) in [6, 6.07) is 6.22. The Morgan fingerprint density at radius 1 is 1.15 bits per heavy atom. The van der Waals surface area contributed by atoms with E-state index in [1.807, 2.05) is 6.07 Å². The number of ether oxygens (including phenoxy) is 2. The zero-order chi connectivity index (χ0) is 18.4. The van der Waals surface area contributed by atoms with Crippen LogP contribution >= 0.6 is 0 Å². The summed E-state index contributed by atoms with van der Waals surface area (Å²) in [6.45, 7) is 6.82. The first-order valence-corrected chi connectivity index (χ1v) is 9.53. The van der Waals surface area contributed by atoms with Crippen LogP contribution in [-0.4, -0.2) is 45.6 Å². The molecular formula is C20H23N5O2. The lowest BCUT2D eigenvalue weighted by atomic mass is 10.1. The summed E-state index contributed by atoms with van der Waals surface area (Å²) < 4.78 is 13.6. The van der Waals surface area contributed by atoms with Gasteiger partial charge in [-0.25, -0.2) is 0 Å². The summed E-state index contributed by atoms with van der Waals surface area (Å²) >= 11 is 0. The van der Waals surface area contributed by atoms with E-state index in [-0.39, 0.29) is 6.10 Å². The zero-order valence-electron chi connectivity index (χ0n) is 15.7. The highest BCUT2D eigenvalue weighted by atomic mass is 16.5. The monoisotopic (exact) mass is 365 g/mol. The summed E-state index contributed by atoms with van der Waals surface area (Å²) in [5.41, 5.74) is 4.41. The molecule has 0 atom stereocenters. The average molecular weight is 365 g/mol. The molecular weight excluding hydrogens is 342 g/mol. The van der Waals surface area contributed by atoms with Crippen LogP contribution in [-0.2, 0) is 6.42 Å². The quantitative estimate of drug-likeness (QED) is 0.711. The minimum absolute atomic E-state index is 0.223. The molecule has 27 heavy (non-hydrogen) atoms. The van der Waals surface area contributed by atoms with Crippen LogP contribution in [0.1, 0.15) is 29.5 Å². The van der Waals surface area contributed by atoms with Crippen molar-refractivity contribution < 1.29 is 9.47 Å². The highest BCUT2D eigenvalue weighted by Crippen LogP contribution is 2.31. The van der Waals surface area contributed by atoms with Gasteiger partial charge in [0.2, 0.25) is 0 Å². The van der Waals surface area contributed by atoms with Gasteiger partial charge in [0, 0.05) is 49.5 Å². The highest BCUT2D eigenvalue weighted by Gasteiger charge is 2.24. The highest BCUT2D eigenvalue weighted by molar-refractivity contribution is 5.58. The van der Waals surface area contributed by atoms with Crippen LogP contribution in [0.4, 0.5) is 5.82 Å². The molecule has 0 radical (unpaired) electrons. The molecule has 2 aliphatic rings. The van der Waals surface area contributed by atoms with Crippen molar-refractivity contribution >= 4 is 11.5 Å². The zero-order valence-corrected chi connectivity index (χ0v) is 15.7. The molecule has 2 aliphatic heterocycles. The lowest BCUT2D eigenvalue weighted by molar-refractivity contribution is 0.170. The predicted octanol–water partition coefficient (Wildman–Crippen LogP) is 2.72. The maximum atomic E-state index is 6.22. The normalized spacial score (nSPS) is 17.2. The average Bonchev–Trinajstić information content (AvgIpc) is 3.34. The maximum absolute atomic E-state index is 6.22. The van der Waals surface area contributed by atoms with Crippen molar-refractivity contribution in [2.24, 2.45) is 0 Å². The Kier molecular flexibility index (Phi) is 3.88. The van der Waals surface area contributed by atoms with E-state index in [1.165, 1.54) is 11.1 Å². The van der Waals surface area contributed by atoms with Crippen LogP contribution in [0.2, 0.25) is 0 Å². The van der Waals surface area contributed by atoms with Gasteiger partial charge in [-0.2, -0.15) is 4.52 Å². The van der Waals surface area contributed by atoms with Crippen LogP contribution in [0.5, 0.6) is 11.5 Å². The Morgan fingerprint density at radius 3 is 2.85 bits per heavy atom. The van der Waals surface area contributed by atoms with E-state index in [0.29, 0.717) is 0 Å². The number of aromatic nitrogens is 4. The topological polar surface area (TPSA) is 64.8 Å². The number of anilines is 1. The van der Waals surface area contributed by atoms with Crippen LogP contribution < -0.4 is 14.4 Å². The number of rotatable bonds is 3. The molecule has 1 saturated heterocycles. The predicted molar refractivity (Wildman–Crippen MR) is 102 cm³/mol. The number of hydrogen-bond donors (Lipinski definition) is 0. The van der Waals surface area contributed by atoms with E-state index >= 15 is 0 Å². The third-order valence-corrected chi connectivity index (χ3v) is 5.68. The summed E-state index contributed by atoms with van der Waals surface area (Å²) in [7, 11) is 0. The van der Waals surface area contributed by atoms with Gasteiger partial charge in [-0.15, -0.1) is 15.3 Å². The minimum Gasteiger partial charge on any atom is -0.493 e. The lowest BCUT2D eigenvalue weighted by Gasteiger charge is -2.33. The van der Waals surface area contributed by atoms with Gasteiger partial charge in [0.25, 0.3) is 0 Å². The lowest BCUT2D eigenvalue weighted by Crippen LogP contribution is -2.39. The number of fused-ring (bicyclic) bond motifs is 2. The van der Waals surface area contributed by atoms with Crippen molar-refractivity contribution in [3.05, 3.63) is 41.2 Å². The van der Waals surface area contributed by atoms with Crippen molar-refractivity contribution in [2.45, 2.75) is 39.2 Å². The fourth-order valence-corrected chi connectivity index (χ4v) is 3.96. The van der Waals surface area contributed by atoms with Gasteiger partial charge in [-0.1, -0.05) is 6.07 Å². The third-order valence-electron chi connectivity index (χ3n) is 5.68. The second-order valence-corrected chi connectivity index (χ2v) is 7.34. The number of aryl methyl sites for hydroxylation is 1. The Bertz CT molecular complexity index is 991. The maximum Gasteiger partial charge on any atom is 0.180 e. The van der Waals surface area contributed by atoms with Crippen molar-refractivity contribution in [1.82, 2.24) is 19.8 Å². The number of piperidine rings is 1. The summed E-state index contributed by atoms with van der Waals surface area (Å²) in [4.78, 5) is 2.34. The van der Waals surface area contributed by atoms with Crippen molar-refractivity contribution in [3.8, 4) is 11.5 Å². The molecule has 7 nitrogen and oxygen atoms in total. The SMILES string of the molecule is Cc1c(N2CCC(Oc3ccc4c(c3)OCC4)CC2)nn2cnnc2c1C. The van der Waals surface area contributed by atoms with Gasteiger partial charge in [0.05, 0.1) is 6.61 Å². The van der Waals surface area contributed by atoms with Gasteiger partial charge in [-0.05, 0) is 25.5 Å². The van der Waals surface area contributed by atoms with Gasteiger partial charge in [0.15, 0.2) is 11.5 Å². The fraction of sp³-hybridized carbons (Fsp3) is 0.450. The van der Waals surface area contributed by atoms with Crippen molar-refractivity contribution in [3.63, 3.8) is 0 Å². The first kappa shape index (κ1) is 16.4. The molecule has 0 aliphatic carbocycles. The van der Waals surface area contributed by atoms with Crippen LogP contribution in [0.3, 0.4) is 0 Å². The minimum atomic E-state index is 0.223. The fourth-order valence-electron chi connectivity index (χ4n) is 3.96. The Hall–Kier alpha value is -2.83. The molecule has 1 aromatic carbocycles. The van der Waals surface area contributed by atoms with E-state index in [0.717, 1.165) is 67.5 Å². The number of benzene rings is 1. The Balaban J connectivity index is 1.28. The molecule has 0 N–H and O–H groups in total. The summed E-state index contributed by atoms with van der Waals surface area (Å²) in [5, 5.41) is 12.9. The van der Waals surface area contributed by atoms with Crippen LogP contribution in [0.15, 0.2) is 24.5 Å². The smallest absolute Gasteiger partial charge is 0.180 e. The van der Waals surface area contributed by atoms with Crippen molar-refractivity contribution in [1.29, 1.82) is 0 Å². The summed E-state index contributed by atoms with van der Waals surface area (Å²) in [5.74, 6) is 2.90. The molecule has 1 fully saturated rings. The van der Waals surface area contributed by atoms with Crippen molar-refractivity contribution in [2.75, 3.05) is 24.6 Å². The van der Waals surface area contributed by atoms with E-state index < -0.39 is 0 Å².